The molecule has 0 amide bonds. The van der Waals surface area contributed by atoms with E-state index in [0.717, 1.165) is 5.56 Å². The highest BCUT2D eigenvalue weighted by Crippen LogP contribution is 2.23. The summed E-state index contributed by atoms with van der Waals surface area (Å²) in [5.74, 6) is -0.982. The van der Waals surface area contributed by atoms with Crippen molar-refractivity contribution in [3.05, 3.63) is 39.8 Å². The molecule has 0 aliphatic carbocycles. The lowest BCUT2D eigenvalue weighted by Gasteiger charge is -2.07. The van der Waals surface area contributed by atoms with Crippen LogP contribution in [-0.2, 0) is 4.74 Å². The number of aromatic amines is 1. The molecule has 3 nitrogen and oxygen atoms in total. The first kappa shape index (κ1) is 12.7. The molecule has 0 atom stereocenters. The van der Waals surface area contributed by atoms with Gasteiger partial charge in [-0.15, -0.1) is 0 Å². The summed E-state index contributed by atoms with van der Waals surface area (Å²) in [5.41, 5.74) is 1.66. The second-order valence-electron chi connectivity index (χ2n) is 3.87. The normalized spacial score (nSPS) is 10.6. The van der Waals surface area contributed by atoms with E-state index in [2.05, 4.69) is 4.98 Å². The highest BCUT2D eigenvalue weighted by atomic mass is 32.1. The quantitative estimate of drug-likeness (QED) is 0.667. The Morgan fingerprint density at radius 2 is 2.22 bits per heavy atom. The van der Waals surface area contributed by atoms with Gasteiger partial charge in [-0.05, 0) is 25.5 Å². The van der Waals surface area contributed by atoms with E-state index in [0.29, 0.717) is 5.52 Å². The molecule has 1 aromatic carbocycles. The number of carbonyl (C=O) groups is 1. The third-order valence-corrected chi connectivity index (χ3v) is 3.11. The number of carbonyl (C=O) groups excluding carboxylic acids is 1. The minimum atomic E-state index is -0.540. The van der Waals surface area contributed by atoms with E-state index >= 15 is 0 Å². The Balaban J connectivity index is 2.76. The molecular formula is C13H12FNO2S. The van der Waals surface area contributed by atoms with Gasteiger partial charge in [-0.3, -0.25) is 0 Å². The molecule has 94 valence electrons. The summed E-state index contributed by atoms with van der Waals surface area (Å²) in [5, 5.41) is 0.260. The second-order valence-corrected chi connectivity index (χ2v) is 4.27. The third kappa shape index (κ3) is 2.01. The summed E-state index contributed by atoms with van der Waals surface area (Å²) in [6.07, 6.45) is 1.47. The molecule has 2 rings (SSSR count). The highest BCUT2D eigenvalue weighted by molar-refractivity contribution is 7.71. The van der Waals surface area contributed by atoms with Crippen LogP contribution in [-0.4, -0.2) is 17.6 Å². The van der Waals surface area contributed by atoms with Gasteiger partial charge >= 0.3 is 5.97 Å². The van der Waals surface area contributed by atoms with Gasteiger partial charge in [-0.2, -0.15) is 0 Å². The summed E-state index contributed by atoms with van der Waals surface area (Å²) in [6.45, 7) is 3.80. The van der Waals surface area contributed by atoms with Gasteiger partial charge in [0.05, 0.1) is 27.6 Å². The zero-order chi connectivity index (χ0) is 13.3. The van der Waals surface area contributed by atoms with Crippen molar-refractivity contribution in [2.24, 2.45) is 0 Å². The number of hydrogen-bond donors (Lipinski definition) is 1. The Kier molecular flexibility index (Phi) is 3.43. The lowest BCUT2D eigenvalue weighted by molar-refractivity contribution is 0.0525. The van der Waals surface area contributed by atoms with Gasteiger partial charge in [0.2, 0.25) is 0 Å². The van der Waals surface area contributed by atoms with Crippen LogP contribution in [0.2, 0.25) is 0 Å². The monoisotopic (exact) mass is 265 g/mol. The van der Waals surface area contributed by atoms with Gasteiger partial charge in [0.25, 0.3) is 0 Å². The van der Waals surface area contributed by atoms with Crippen molar-refractivity contribution in [2.75, 3.05) is 6.61 Å². The first-order valence-electron chi connectivity index (χ1n) is 5.54. The summed E-state index contributed by atoms with van der Waals surface area (Å²) >= 11 is 5.17. The summed E-state index contributed by atoms with van der Waals surface area (Å²) < 4.78 is 18.9. The van der Waals surface area contributed by atoms with Gasteiger partial charge in [0.1, 0.15) is 5.82 Å². The number of H-pyrrole nitrogens is 1. The van der Waals surface area contributed by atoms with Crippen LogP contribution in [0.15, 0.2) is 18.3 Å². The minimum absolute atomic E-state index is 0.184. The molecule has 1 N–H and O–H groups in total. The van der Waals surface area contributed by atoms with Crippen LogP contribution in [0.4, 0.5) is 4.39 Å². The van der Waals surface area contributed by atoms with Crippen molar-refractivity contribution < 1.29 is 13.9 Å². The van der Waals surface area contributed by atoms with E-state index in [1.165, 1.54) is 12.3 Å². The van der Waals surface area contributed by atoms with E-state index in [4.69, 9.17) is 17.0 Å². The van der Waals surface area contributed by atoms with E-state index < -0.39 is 11.8 Å². The van der Waals surface area contributed by atoms with Gasteiger partial charge in [-0.25, -0.2) is 9.18 Å². The van der Waals surface area contributed by atoms with E-state index in [9.17, 15) is 9.18 Å². The van der Waals surface area contributed by atoms with E-state index in [1.807, 2.05) is 6.92 Å². The molecule has 2 aromatic rings. The predicted octanol–water partition coefficient (Wildman–Crippen LogP) is 3.52. The minimum Gasteiger partial charge on any atom is -0.462 e. The van der Waals surface area contributed by atoms with Crippen LogP contribution in [0.5, 0.6) is 0 Å². The number of ether oxygens (including phenoxy) is 1. The molecule has 0 unspecified atom stereocenters. The standard InChI is InChI=1S/C13H12FNO2S/c1-3-17-13(16)8-6-15-11-7(2)4-5-9(14)10(11)12(8)18/h4-6H,3H2,1-2H3,(H,15,18). The molecule has 0 aliphatic rings. The number of hydrogen-bond acceptors (Lipinski definition) is 3. The summed E-state index contributed by atoms with van der Waals surface area (Å²) in [7, 11) is 0. The van der Waals surface area contributed by atoms with Crippen LogP contribution in [0.3, 0.4) is 0 Å². The largest absolute Gasteiger partial charge is 0.462 e. The van der Waals surface area contributed by atoms with Crippen LogP contribution in [0.1, 0.15) is 22.8 Å². The smallest absolute Gasteiger partial charge is 0.341 e. The van der Waals surface area contributed by atoms with Crippen molar-refractivity contribution in [2.45, 2.75) is 13.8 Å². The molecule has 0 radical (unpaired) electrons. The zero-order valence-electron chi connectivity index (χ0n) is 10.0. The Morgan fingerprint density at radius 1 is 1.50 bits per heavy atom. The van der Waals surface area contributed by atoms with Crippen molar-refractivity contribution >= 4 is 29.1 Å². The van der Waals surface area contributed by atoms with Crippen LogP contribution in [0.25, 0.3) is 10.9 Å². The molecule has 0 fully saturated rings. The molecule has 18 heavy (non-hydrogen) atoms. The number of benzene rings is 1. The summed E-state index contributed by atoms with van der Waals surface area (Å²) in [6, 6.07) is 3.00. The Morgan fingerprint density at radius 3 is 2.89 bits per heavy atom. The lowest BCUT2D eigenvalue weighted by Crippen LogP contribution is -2.06. The predicted molar refractivity (Wildman–Crippen MR) is 69.8 cm³/mol. The molecule has 0 saturated heterocycles. The number of fused-ring (bicyclic) bond motifs is 1. The maximum Gasteiger partial charge on any atom is 0.341 e. The van der Waals surface area contributed by atoms with Crippen molar-refractivity contribution in [1.82, 2.24) is 4.98 Å². The fraction of sp³-hybridized carbons (Fsp3) is 0.231. The average molecular weight is 265 g/mol. The Hall–Kier alpha value is -1.75. The number of esters is 1. The average Bonchev–Trinajstić information content (AvgIpc) is 2.34. The first-order valence-corrected chi connectivity index (χ1v) is 5.94. The second kappa shape index (κ2) is 4.86. The van der Waals surface area contributed by atoms with E-state index in [1.54, 1.807) is 13.0 Å². The van der Waals surface area contributed by atoms with Crippen molar-refractivity contribution in [1.29, 1.82) is 0 Å². The SMILES string of the molecule is CCOC(=O)c1c[nH]c2c(C)ccc(F)c2c1=S. The van der Waals surface area contributed by atoms with Crippen molar-refractivity contribution in [3.63, 3.8) is 0 Å². The highest BCUT2D eigenvalue weighted by Gasteiger charge is 2.14. The van der Waals surface area contributed by atoms with Gasteiger partial charge in [0, 0.05) is 6.20 Å². The first-order chi connectivity index (χ1) is 8.56. The summed E-state index contributed by atoms with van der Waals surface area (Å²) in [4.78, 5) is 14.6. The molecule has 0 saturated carbocycles. The topological polar surface area (TPSA) is 42.1 Å². The van der Waals surface area contributed by atoms with Crippen LogP contribution in [0, 0.1) is 17.3 Å². The number of halogens is 1. The number of rotatable bonds is 2. The maximum atomic E-state index is 13.8. The Bertz CT molecular complexity index is 678. The fourth-order valence-corrected chi connectivity index (χ4v) is 2.14. The molecule has 1 aromatic heterocycles. The molecule has 0 aliphatic heterocycles. The van der Waals surface area contributed by atoms with Gasteiger partial charge in [0.15, 0.2) is 0 Å². The number of aromatic nitrogens is 1. The van der Waals surface area contributed by atoms with E-state index in [-0.39, 0.29) is 22.1 Å². The van der Waals surface area contributed by atoms with Crippen LogP contribution < -0.4 is 0 Å². The van der Waals surface area contributed by atoms with Crippen molar-refractivity contribution in [3.8, 4) is 0 Å². The van der Waals surface area contributed by atoms with Crippen LogP contribution >= 0.6 is 12.2 Å². The lowest BCUT2D eigenvalue weighted by atomic mass is 10.1. The number of nitrogens with one attached hydrogen (secondary N) is 1. The van der Waals surface area contributed by atoms with Gasteiger partial charge < -0.3 is 9.72 Å². The number of pyridine rings is 1. The molecule has 5 heteroatoms. The molecular weight excluding hydrogens is 253 g/mol. The molecule has 1 heterocycles. The third-order valence-electron chi connectivity index (χ3n) is 2.69. The maximum absolute atomic E-state index is 13.8. The molecule has 0 bridgehead atoms. The fourth-order valence-electron chi connectivity index (χ4n) is 1.79. The molecule has 0 spiro atoms. The Labute approximate surface area is 109 Å². The zero-order valence-corrected chi connectivity index (χ0v) is 10.9. The van der Waals surface area contributed by atoms with Gasteiger partial charge in [-0.1, -0.05) is 18.3 Å². The number of aryl methyl sites for hydroxylation is 1.